The Morgan fingerprint density at radius 2 is 1.85 bits per heavy atom. The van der Waals surface area contributed by atoms with Gasteiger partial charge in [0.05, 0.1) is 54.3 Å². The van der Waals surface area contributed by atoms with Crippen molar-refractivity contribution in [1.29, 1.82) is 0 Å². The molecule has 2 aromatic rings. The topological polar surface area (TPSA) is 209 Å². The number of ether oxygens (including phenoxy) is 3. The van der Waals surface area contributed by atoms with E-state index in [1.54, 1.807) is 6.92 Å². The second-order valence-corrected chi connectivity index (χ2v) is 10.3. The van der Waals surface area contributed by atoms with Crippen molar-refractivity contribution in [3.8, 4) is 17.2 Å². The first-order valence-electron chi connectivity index (χ1n) is 12.6. The minimum absolute atomic E-state index is 0.0343. The van der Waals surface area contributed by atoms with Crippen LogP contribution in [0.1, 0.15) is 68.8 Å². The SMILES string of the molecule is COc1cccc2c1C(=O)c1c(O)c3c(c(O)c1C2=O)C[C@@](O)([C@@H](O)CO)C[C@@H]3O[C@H]1C[C@H](N)[C@@H](O)[C@H](C)O1. The summed E-state index contributed by atoms with van der Waals surface area (Å²) in [5.41, 5.74) is 2.77. The van der Waals surface area contributed by atoms with Gasteiger partial charge in [0.25, 0.3) is 0 Å². The van der Waals surface area contributed by atoms with Crippen LogP contribution in [0.15, 0.2) is 18.2 Å². The molecule has 0 aromatic heterocycles. The van der Waals surface area contributed by atoms with Crippen LogP contribution in [0.3, 0.4) is 0 Å². The molecule has 1 saturated heterocycles. The molecule has 0 radical (unpaired) electrons. The first kappa shape index (κ1) is 27.5. The van der Waals surface area contributed by atoms with Gasteiger partial charge < -0.3 is 50.6 Å². The smallest absolute Gasteiger partial charge is 0.202 e. The third-order valence-electron chi connectivity index (χ3n) is 7.97. The van der Waals surface area contributed by atoms with E-state index in [9.17, 15) is 40.2 Å². The van der Waals surface area contributed by atoms with Crippen LogP contribution in [0.2, 0.25) is 0 Å². The van der Waals surface area contributed by atoms with E-state index >= 15 is 0 Å². The molecule has 39 heavy (non-hydrogen) atoms. The van der Waals surface area contributed by atoms with Gasteiger partial charge in [0, 0.05) is 42.0 Å². The molecular formula is C27H31NO11. The Hall–Kier alpha value is -3.10. The molecule has 12 nitrogen and oxygen atoms in total. The van der Waals surface area contributed by atoms with E-state index in [2.05, 4.69) is 0 Å². The van der Waals surface area contributed by atoms with Crippen molar-refractivity contribution in [1.82, 2.24) is 0 Å². The van der Waals surface area contributed by atoms with Gasteiger partial charge in [-0.25, -0.2) is 0 Å². The van der Waals surface area contributed by atoms with Crippen LogP contribution in [-0.4, -0.2) is 92.2 Å². The molecule has 1 fully saturated rings. The zero-order chi connectivity index (χ0) is 28.4. The molecule has 2 aromatic carbocycles. The van der Waals surface area contributed by atoms with Crippen molar-refractivity contribution in [2.75, 3.05) is 13.7 Å². The summed E-state index contributed by atoms with van der Waals surface area (Å²) in [4.78, 5) is 27.2. The van der Waals surface area contributed by atoms with Gasteiger partial charge in [-0.1, -0.05) is 12.1 Å². The molecule has 0 amide bonds. The Balaban J connectivity index is 1.68. The van der Waals surface area contributed by atoms with Crippen LogP contribution < -0.4 is 10.5 Å². The summed E-state index contributed by atoms with van der Waals surface area (Å²) in [5, 5.41) is 64.4. The lowest BCUT2D eigenvalue weighted by Gasteiger charge is -2.44. The molecule has 7 atom stereocenters. The number of nitrogens with two attached hydrogens (primary N) is 1. The average Bonchev–Trinajstić information content (AvgIpc) is 2.90. The maximum absolute atomic E-state index is 13.7. The lowest BCUT2D eigenvalue weighted by Crippen LogP contribution is -2.53. The van der Waals surface area contributed by atoms with Crippen molar-refractivity contribution >= 4 is 11.6 Å². The van der Waals surface area contributed by atoms with Gasteiger partial charge in [0.15, 0.2) is 12.1 Å². The maximum atomic E-state index is 13.7. The minimum atomic E-state index is -2.05. The first-order chi connectivity index (χ1) is 18.4. The molecule has 8 N–H and O–H groups in total. The number of benzene rings is 2. The number of carbonyl (C=O) groups is 2. The summed E-state index contributed by atoms with van der Waals surface area (Å²) >= 11 is 0. The number of aromatic hydroxyl groups is 2. The predicted molar refractivity (Wildman–Crippen MR) is 133 cm³/mol. The Labute approximate surface area is 223 Å². The standard InChI is InChI=1S/C27H31NO11/c1-10-22(31)13(28)6-17(38-10)39-15-8-27(36,16(30)9-29)7-12-19(15)26(35)21-20(24(12)33)23(32)11-4-3-5-14(37-2)18(11)25(21)34/h3-5,10,13,15-17,22,29-31,33,35-36H,6-9,28H2,1-2H3/t10-,13-,15-,16-,17-,22-,27-/m0/s1. The lowest BCUT2D eigenvalue weighted by molar-refractivity contribution is -0.251. The lowest BCUT2D eigenvalue weighted by atomic mass is 9.71. The molecule has 0 saturated carbocycles. The monoisotopic (exact) mass is 545 g/mol. The van der Waals surface area contributed by atoms with Gasteiger partial charge in [0.1, 0.15) is 23.4 Å². The fourth-order valence-electron chi connectivity index (χ4n) is 5.84. The highest BCUT2D eigenvalue weighted by Gasteiger charge is 2.50. The van der Waals surface area contributed by atoms with Gasteiger partial charge in [-0.15, -0.1) is 0 Å². The highest BCUT2D eigenvalue weighted by Crippen LogP contribution is 2.52. The molecule has 12 heteroatoms. The summed E-state index contributed by atoms with van der Waals surface area (Å²) in [7, 11) is 1.33. The fraction of sp³-hybridized carbons (Fsp3) is 0.481. The van der Waals surface area contributed by atoms with Crippen LogP contribution in [-0.2, 0) is 15.9 Å². The van der Waals surface area contributed by atoms with E-state index in [4.69, 9.17) is 19.9 Å². The normalized spacial score (nSPS) is 30.8. The number of hydrogen-bond acceptors (Lipinski definition) is 12. The molecule has 0 bridgehead atoms. The van der Waals surface area contributed by atoms with E-state index in [1.807, 2.05) is 0 Å². The molecule has 1 aliphatic heterocycles. The highest BCUT2D eigenvalue weighted by molar-refractivity contribution is 6.31. The third kappa shape index (κ3) is 4.19. The number of phenols is 2. The quantitative estimate of drug-likeness (QED) is 0.208. The Kier molecular flexibility index (Phi) is 6.92. The van der Waals surface area contributed by atoms with E-state index in [-0.39, 0.29) is 40.8 Å². The zero-order valence-corrected chi connectivity index (χ0v) is 21.3. The fourth-order valence-corrected chi connectivity index (χ4v) is 5.84. The van der Waals surface area contributed by atoms with E-state index in [0.717, 1.165) is 0 Å². The number of rotatable bonds is 5. The van der Waals surface area contributed by atoms with Crippen LogP contribution in [0, 0.1) is 0 Å². The van der Waals surface area contributed by atoms with Gasteiger partial charge in [-0.3, -0.25) is 9.59 Å². The Morgan fingerprint density at radius 1 is 1.15 bits per heavy atom. The van der Waals surface area contributed by atoms with E-state index in [1.165, 1.54) is 25.3 Å². The molecule has 210 valence electrons. The summed E-state index contributed by atoms with van der Waals surface area (Å²) < 4.78 is 17.1. The van der Waals surface area contributed by atoms with Crippen molar-refractivity contribution in [2.24, 2.45) is 5.73 Å². The summed E-state index contributed by atoms with van der Waals surface area (Å²) in [6.07, 6.45) is -6.45. The van der Waals surface area contributed by atoms with Crippen molar-refractivity contribution in [3.05, 3.63) is 51.6 Å². The number of methoxy groups -OCH3 is 1. The summed E-state index contributed by atoms with van der Waals surface area (Å²) in [6.45, 7) is 0.768. The Morgan fingerprint density at radius 3 is 2.49 bits per heavy atom. The third-order valence-corrected chi connectivity index (χ3v) is 7.97. The highest BCUT2D eigenvalue weighted by atomic mass is 16.7. The number of phenolic OH excluding ortho intramolecular Hbond substituents is 2. The number of hydrogen-bond donors (Lipinski definition) is 7. The number of fused-ring (bicyclic) bond motifs is 3. The second-order valence-electron chi connectivity index (χ2n) is 10.3. The summed E-state index contributed by atoms with van der Waals surface area (Å²) in [5.74, 6) is -2.68. The van der Waals surface area contributed by atoms with Crippen LogP contribution in [0.5, 0.6) is 17.2 Å². The van der Waals surface area contributed by atoms with Gasteiger partial charge in [0.2, 0.25) is 5.78 Å². The number of aliphatic hydroxyl groups is 4. The minimum Gasteiger partial charge on any atom is -0.507 e. The van der Waals surface area contributed by atoms with Crippen LogP contribution in [0.25, 0.3) is 0 Å². The zero-order valence-electron chi connectivity index (χ0n) is 21.3. The van der Waals surface area contributed by atoms with Gasteiger partial charge in [-0.2, -0.15) is 0 Å². The van der Waals surface area contributed by atoms with Gasteiger partial charge in [-0.05, 0) is 13.0 Å². The molecule has 2 aliphatic carbocycles. The molecule has 3 aliphatic rings. The molecule has 0 spiro atoms. The Bertz CT molecular complexity index is 1330. The van der Waals surface area contributed by atoms with E-state index in [0.29, 0.717) is 0 Å². The van der Waals surface area contributed by atoms with Crippen molar-refractivity contribution in [3.63, 3.8) is 0 Å². The molecule has 5 rings (SSSR count). The number of ketones is 2. The first-order valence-corrected chi connectivity index (χ1v) is 12.6. The van der Waals surface area contributed by atoms with Crippen molar-refractivity contribution in [2.45, 2.75) is 68.5 Å². The molecular weight excluding hydrogens is 514 g/mol. The number of aliphatic hydroxyl groups excluding tert-OH is 3. The maximum Gasteiger partial charge on any atom is 0.202 e. The molecule has 1 heterocycles. The van der Waals surface area contributed by atoms with E-state index < -0.39 is 89.6 Å². The number of carbonyl (C=O) groups excluding carboxylic acids is 2. The van der Waals surface area contributed by atoms with Gasteiger partial charge >= 0.3 is 0 Å². The molecule has 0 unspecified atom stereocenters. The van der Waals surface area contributed by atoms with Crippen LogP contribution in [0.4, 0.5) is 0 Å². The summed E-state index contributed by atoms with van der Waals surface area (Å²) in [6, 6.07) is 3.69. The van der Waals surface area contributed by atoms with Crippen LogP contribution >= 0.6 is 0 Å². The average molecular weight is 546 g/mol. The second kappa shape index (κ2) is 9.82. The predicted octanol–water partition coefficient (Wildman–Crippen LogP) is -0.207. The van der Waals surface area contributed by atoms with Crippen molar-refractivity contribution < 1.29 is 54.4 Å². The largest absolute Gasteiger partial charge is 0.507 e.